The topological polar surface area (TPSA) is 67.1 Å². The first-order valence-electron chi connectivity index (χ1n) is 6.95. The summed E-state index contributed by atoms with van der Waals surface area (Å²) in [6.07, 6.45) is 4.52. The Hall–Kier alpha value is -2.63. The second kappa shape index (κ2) is 5.78. The van der Waals surface area contributed by atoms with Gasteiger partial charge in [0.2, 0.25) is 11.6 Å². The van der Waals surface area contributed by atoms with Crippen LogP contribution in [0.4, 0.5) is 11.8 Å². The van der Waals surface area contributed by atoms with Gasteiger partial charge in [0.05, 0.1) is 0 Å². The summed E-state index contributed by atoms with van der Waals surface area (Å²) >= 11 is 0. The van der Waals surface area contributed by atoms with E-state index in [-0.39, 0.29) is 0 Å². The lowest BCUT2D eigenvalue weighted by Crippen LogP contribution is -2.08. The zero-order chi connectivity index (χ0) is 14.7. The maximum Gasteiger partial charge on any atom is 0.228 e. The summed E-state index contributed by atoms with van der Waals surface area (Å²) < 4.78 is 1.88. The van der Waals surface area contributed by atoms with Crippen LogP contribution in [-0.4, -0.2) is 33.2 Å². The van der Waals surface area contributed by atoms with Crippen molar-refractivity contribution in [1.82, 2.24) is 19.6 Å². The zero-order valence-electron chi connectivity index (χ0n) is 12.2. The number of hydrogen-bond acceptors (Lipinski definition) is 5. The fourth-order valence-corrected chi connectivity index (χ4v) is 2.31. The molecule has 2 heterocycles. The standard InChI is InChI=1S/C15H18N6/c1-11-4-3-5-12(10-11)6-7-17-13-14-19-20-15(16-2)21(14)9-8-18-13/h3-5,8-10H,6-7H2,1-2H3,(H,16,20)(H,17,18). The molecular weight excluding hydrogens is 264 g/mol. The Kier molecular flexibility index (Phi) is 3.68. The average Bonchev–Trinajstić information content (AvgIpc) is 2.91. The molecular formula is C15H18N6. The molecule has 0 saturated heterocycles. The van der Waals surface area contributed by atoms with E-state index in [1.807, 2.05) is 17.6 Å². The molecule has 2 aromatic heterocycles. The van der Waals surface area contributed by atoms with Crippen molar-refractivity contribution in [2.24, 2.45) is 0 Å². The van der Waals surface area contributed by atoms with E-state index < -0.39 is 0 Å². The van der Waals surface area contributed by atoms with Crippen molar-refractivity contribution in [2.45, 2.75) is 13.3 Å². The maximum absolute atomic E-state index is 4.34. The van der Waals surface area contributed by atoms with E-state index in [4.69, 9.17) is 0 Å². The van der Waals surface area contributed by atoms with Gasteiger partial charge in [0, 0.05) is 26.0 Å². The zero-order valence-corrected chi connectivity index (χ0v) is 12.2. The molecule has 0 saturated carbocycles. The van der Waals surface area contributed by atoms with Crippen LogP contribution in [0.25, 0.3) is 5.65 Å². The lowest BCUT2D eigenvalue weighted by atomic mass is 10.1. The Labute approximate surface area is 123 Å². The van der Waals surface area contributed by atoms with E-state index in [1.54, 1.807) is 6.20 Å². The van der Waals surface area contributed by atoms with Gasteiger partial charge in [-0.05, 0) is 18.9 Å². The van der Waals surface area contributed by atoms with Gasteiger partial charge in [-0.2, -0.15) is 0 Å². The van der Waals surface area contributed by atoms with E-state index in [0.29, 0.717) is 5.95 Å². The van der Waals surface area contributed by atoms with Crippen molar-refractivity contribution < 1.29 is 0 Å². The Morgan fingerprint density at radius 3 is 2.95 bits per heavy atom. The molecule has 0 bridgehead atoms. The largest absolute Gasteiger partial charge is 0.367 e. The molecule has 0 aliphatic rings. The van der Waals surface area contributed by atoms with E-state index >= 15 is 0 Å². The summed E-state index contributed by atoms with van der Waals surface area (Å²) in [6.45, 7) is 2.91. The van der Waals surface area contributed by atoms with E-state index in [2.05, 4.69) is 57.0 Å². The highest BCUT2D eigenvalue weighted by atomic mass is 15.3. The summed E-state index contributed by atoms with van der Waals surface area (Å²) in [6, 6.07) is 8.53. The number of nitrogens with one attached hydrogen (secondary N) is 2. The Morgan fingerprint density at radius 2 is 2.14 bits per heavy atom. The fraction of sp³-hybridized carbons (Fsp3) is 0.267. The highest BCUT2D eigenvalue weighted by Crippen LogP contribution is 2.14. The van der Waals surface area contributed by atoms with Crippen LogP contribution in [0.15, 0.2) is 36.7 Å². The number of benzene rings is 1. The van der Waals surface area contributed by atoms with Gasteiger partial charge in [0.15, 0.2) is 5.82 Å². The monoisotopic (exact) mass is 282 g/mol. The van der Waals surface area contributed by atoms with Crippen molar-refractivity contribution in [3.63, 3.8) is 0 Å². The lowest BCUT2D eigenvalue weighted by Gasteiger charge is -2.07. The van der Waals surface area contributed by atoms with Crippen molar-refractivity contribution >= 4 is 17.4 Å². The molecule has 108 valence electrons. The van der Waals surface area contributed by atoms with Gasteiger partial charge in [-0.1, -0.05) is 29.8 Å². The molecule has 0 radical (unpaired) electrons. The number of nitrogens with zero attached hydrogens (tertiary/aromatic N) is 4. The van der Waals surface area contributed by atoms with E-state index in [9.17, 15) is 0 Å². The Balaban J connectivity index is 1.72. The predicted octanol–water partition coefficient (Wildman–Crippen LogP) is 2.13. The van der Waals surface area contributed by atoms with Crippen molar-refractivity contribution in [3.05, 3.63) is 47.8 Å². The smallest absolute Gasteiger partial charge is 0.228 e. The molecule has 6 heteroatoms. The molecule has 0 atom stereocenters. The molecule has 0 amide bonds. The number of aryl methyl sites for hydroxylation is 1. The van der Waals surface area contributed by atoms with Gasteiger partial charge in [-0.25, -0.2) is 4.98 Å². The van der Waals surface area contributed by atoms with Crippen molar-refractivity contribution in [1.29, 1.82) is 0 Å². The van der Waals surface area contributed by atoms with Crippen LogP contribution in [0.2, 0.25) is 0 Å². The molecule has 0 aliphatic heterocycles. The number of fused-ring (bicyclic) bond motifs is 1. The summed E-state index contributed by atoms with van der Waals surface area (Å²) in [5.41, 5.74) is 3.32. The third kappa shape index (κ3) is 2.79. The Bertz CT molecular complexity index is 749. The minimum atomic E-state index is 0.703. The summed E-state index contributed by atoms with van der Waals surface area (Å²) in [4.78, 5) is 4.34. The molecule has 3 aromatic rings. The van der Waals surface area contributed by atoms with Crippen molar-refractivity contribution in [3.8, 4) is 0 Å². The van der Waals surface area contributed by atoms with Crippen LogP contribution in [0.1, 0.15) is 11.1 Å². The maximum atomic E-state index is 4.34. The summed E-state index contributed by atoms with van der Waals surface area (Å²) in [5.74, 6) is 1.45. The third-order valence-corrected chi connectivity index (χ3v) is 3.34. The lowest BCUT2D eigenvalue weighted by molar-refractivity contribution is 0.995. The van der Waals surface area contributed by atoms with Crippen LogP contribution < -0.4 is 10.6 Å². The van der Waals surface area contributed by atoms with Gasteiger partial charge in [-0.3, -0.25) is 4.40 Å². The second-order valence-corrected chi connectivity index (χ2v) is 4.91. The quantitative estimate of drug-likeness (QED) is 0.750. The molecule has 0 unspecified atom stereocenters. The molecule has 3 rings (SSSR count). The molecule has 0 aliphatic carbocycles. The van der Waals surface area contributed by atoms with Gasteiger partial charge in [-0.15, -0.1) is 10.2 Å². The number of aromatic nitrogens is 4. The molecule has 6 nitrogen and oxygen atoms in total. The first-order valence-corrected chi connectivity index (χ1v) is 6.95. The third-order valence-electron chi connectivity index (χ3n) is 3.34. The molecule has 2 N–H and O–H groups in total. The summed E-state index contributed by atoms with van der Waals surface area (Å²) in [7, 11) is 1.82. The fourth-order valence-electron chi connectivity index (χ4n) is 2.31. The minimum absolute atomic E-state index is 0.703. The second-order valence-electron chi connectivity index (χ2n) is 4.91. The SMILES string of the molecule is CNc1nnc2c(NCCc3cccc(C)c3)nccn12. The van der Waals surface area contributed by atoms with Gasteiger partial charge >= 0.3 is 0 Å². The molecule has 0 fully saturated rings. The van der Waals surface area contributed by atoms with Gasteiger partial charge in [0.25, 0.3) is 0 Å². The highest BCUT2D eigenvalue weighted by molar-refractivity contribution is 5.64. The minimum Gasteiger partial charge on any atom is -0.367 e. The van der Waals surface area contributed by atoms with Crippen LogP contribution >= 0.6 is 0 Å². The molecule has 1 aromatic carbocycles. The summed E-state index contributed by atoms with van der Waals surface area (Å²) in [5, 5.41) is 14.6. The number of hydrogen-bond donors (Lipinski definition) is 2. The molecule has 21 heavy (non-hydrogen) atoms. The van der Waals surface area contributed by atoms with E-state index in [1.165, 1.54) is 11.1 Å². The first kappa shape index (κ1) is 13.4. The highest BCUT2D eigenvalue weighted by Gasteiger charge is 2.08. The van der Waals surface area contributed by atoms with Crippen LogP contribution in [0.3, 0.4) is 0 Å². The van der Waals surface area contributed by atoms with E-state index in [0.717, 1.165) is 24.4 Å². The van der Waals surface area contributed by atoms with Gasteiger partial charge < -0.3 is 10.6 Å². The van der Waals surface area contributed by atoms with Crippen LogP contribution in [0, 0.1) is 6.92 Å². The average molecular weight is 282 g/mol. The first-order chi connectivity index (χ1) is 10.3. The number of anilines is 2. The number of rotatable bonds is 5. The Morgan fingerprint density at radius 1 is 1.24 bits per heavy atom. The van der Waals surface area contributed by atoms with Crippen LogP contribution in [-0.2, 0) is 6.42 Å². The van der Waals surface area contributed by atoms with Gasteiger partial charge in [0.1, 0.15) is 0 Å². The van der Waals surface area contributed by atoms with Crippen molar-refractivity contribution in [2.75, 3.05) is 24.2 Å². The van der Waals surface area contributed by atoms with Crippen LogP contribution in [0.5, 0.6) is 0 Å². The normalized spacial score (nSPS) is 10.8. The molecule has 0 spiro atoms. The predicted molar refractivity (Wildman–Crippen MR) is 83.7 cm³/mol.